The number of H-pyrrole nitrogens is 1. The highest BCUT2D eigenvalue weighted by Gasteiger charge is 2.68. The molecule has 2 heterocycles. The van der Waals surface area contributed by atoms with Crippen LogP contribution in [0.4, 0.5) is 0 Å². The molecular weight excluding hydrogens is 821 g/mol. The van der Waals surface area contributed by atoms with Gasteiger partial charge in [0.25, 0.3) is 0 Å². The Balaban J connectivity index is 1.05. The van der Waals surface area contributed by atoms with E-state index in [1.165, 1.54) is 18.8 Å². The van der Waals surface area contributed by atoms with E-state index in [9.17, 15) is 29.1 Å². The Bertz CT molecular complexity index is 2090. The maximum absolute atomic E-state index is 14.0. The maximum atomic E-state index is 14.0. The first kappa shape index (κ1) is 49.9. The van der Waals surface area contributed by atoms with Crippen LogP contribution in [0, 0.1) is 29.1 Å². The number of hydrogen-bond acceptors (Lipinski definition) is 10. The van der Waals surface area contributed by atoms with Crippen molar-refractivity contribution in [1.82, 2.24) is 20.6 Å². The van der Waals surface area contributed by atoms with E-state index < -0.39 is 60.3 Å². The SMILES string of the molecule is CCCCc1ccc(-c2ccc(C(=O)C[C@@H](Cc3cnc[nH]3)C(=O)N[C@H](C(=O)C[C@@H](C)C(=O)N[C@@H](CCCCN)C(=O)C[C@@H](C)B3OC4C[C@@H]5C[C@@H](C5(C)C)[C@]4(C)O3)[C@@H](C)O)cc2)cc1. The predicted molar refractivity (Wildman–Crippen MR) is 252 cm³/mol. The average molecular weight is 894 g/mol. The van der Waals surface area contributed by atoms with E-state index in [4.69, 9.17) is 15.0 Å². The molecule has 1 unspecified atom stereocenters. The van der Waals surface area contributed by atoms with Crippen LogP contribution in [0.25, 0.3) is 11.1 Å². The molecule has 65 heavy (non-hydrogen) atoms. The molecular formula is C51H72BN5O8. The third-order valence-electron chi connectivity index (χ3n) is 14.8. The Morgan fingerprint density at radius 2 is 1.58 bits per heavy atom. The zero-order chi connectivity index (χ0) is 47.1. The summed E-state index contributed by atoms with van der Waals surface area (Å²) in [6.45, 7) is 14.3. The van der Waals surface area contributed by atoms with E-state index in [0.29, 0.717) is 48.9 Å². The quantitative estimate of drug-likeness (QED) is 0.0335. The van der Waals surface area contributed by atoms with Gasteiger partial charge in [-0.2, -0.15) is 0 Å². The second-order valence-corrected chi connectivity index (χ2v) is 20.1. The zero-order valence-electron chi connectivity index (χ0n) is 39.6. The van der Waals surface area contributed by atoms with Crippen molar-refractivity contribution in [2.75, 3.05) is 6.54 Å². The van der Waals surface area contributed by atoms with Crippen molar-refractivity contribution in [3.8, 4) is 11.1 Å². The van der Waals surface area contributed by atoms with Gasteiger partial charge in [0.2, 0.25) is 11.8 Å². The lowest BCUT2D eigenvalue weighted by atomic mass is 9.43. The number of rotatable bonds is 25. The molecule has 4 fully saturated rings. The van der Waals surface area contributed by atoms with Crippen LogP contribution >= 0.6 is 0 Å². The molecule has 14 heteroatoms. The molecule has 7 rings (SSSR count). The second kappa shape index (κ2) is 21.9. The van der Waals surface area contributed by atoms with Gasteiger partial charge >= 0.3 is 7.12 Å². The van der Waals surface area contributed by atoms with E-state index in [2.05, 4.69) is 72.6 Å². The van der Waals surface area contributed by atoms with Crippen LogP contribution in [0.1, 0.15) is 134 Å². The minimum atomic E-state index is -1.35. The number of unbranched alkanes of at least 4 members (excludes halogenated alkanes) is 2. The minimum absolute atomic E-state index is 0.00674. The van der Waals surface area contributed by atoms with E-state index >= 15 is 0 Å². The van der Waals surface area contributed by atoms with Crippen molar-refractivity contribution in [1.29, 1.82) is 0 Å². The Morgan fingerprint density at radius 1 is 0.892 bits per heavy atom. The van der Waals surface area contributed by atoms with Gasteiger partial charge < -0.3 is 35.8 Å². The topological polar surface area (TPSA) is 203 Å². The van der Waals surface area contributed by atoms with E-state index in [1.54, 1.807) is 25.3 Å². The number of nitrogens with zero attached hydrogens (tertiary/aromatic N) is 1. The number of imidazole rings is 1. The van der Waals surface area contributed by atoms with Crippen molar-refractivity contribution >= 4 is 36.3 Å². The van der Waals surface area contributed by atoms with Crippen molar-refractivity contribution in [3.05, 3.63) is 77.9 Å². The molecule has 13 nitrogen and oxygen atoms in total. The molecule has 1 aromatic heterocycles. The number of aromatic amines is 1. The molecule has 0 radical (unpaired) electrons. The van der Waals surface area contributed by atoms with Crippen LogP contribution in [-0.2, 0) is 41.3 Å². The number of carbonyl (C=O) groups is 5. The molecule has 0 spiro atoms. The van der Waals surface area contributed by atoms with Crippen LogP contribution in [0.15, 0.2) is 61.1 Å². The number of hydrogen-bond donors (Lipinski definition) is 5. The molecule has 2 amide bonds. The number of aryl methyl sites for hydroxylation is 1. The first-order valence-electron chi connectivity index (χ1n) is 24.0. The smallest absolute Gasteiger partial charge is 0.405 e. The van der Waals surface area contributed by atoms with Gasteiger partial charge in [-0.1, -0.05) is 89.6 Å². The van der Waals surface area contributed by atoms with E-state index in [1.807, 2.05) is 19.1 Å². The van der Waals surface area contributed by atoms with Gasteiger partial charge in [0.05, 0.1) is 36.1 Å². The first-order chi connectivity index (χ1) is 30.9. The number of aliphatic hydroxyl groups is 1. The van der Waals surface area contributed by atoms with E-state index in [-0.39, 0.29) is 54.6 Å². The zero-order valence-corrected chi connectivity index (χ0v) is 39.6. The number of carbonyl (C=O) groups excluding carboxylic acids is 5. The lowest BCUT2D eigenvalue weighted by Crippen LogP contribution is -2.65. The number of benzene rings is 2. The Labute approximate surface area is 385 Å². The molecule has 6 N–H and O–H groups in total. The summed E-state index contributed by atoms with van der Waals surface area (Å²) in [5, 5.41) is 16.4. The lowest BCUT2D eigenvalue weighted by Gasteiger charge is -2.64. The minimum Gasteiger partial charge on any atom is -0.405 e. The number of aliphatic hydroxyl groups excluding tert-OH is 1. The van der Waals surface area contributed by atoms with Crippen LogP contribution < -0.4 is 16.4 Å². The van der Waals surface area contributed by atoms with Gasteiger partial charge in [-0.15, -0.1) is 0 Å². The number of nitrogens with one attached hydrogen (secondary N) is 3. The van der Waals surface area contributed by atoms with Gasteiger partial charge in [0.15, 0.2) is 17.3 Å². The summed E-state index contributed by atoms with van der Waals surface area (Å²) in [6, 6.07) is 13.6. The maximum Gasteiger partial charge on any atom is 0.461 e. The highest BCUT2D eigenvalue weighted by molar-refractivity contribution is 6.47. The highest BCUT2D eigenvalue weighted by atomic mass is 16.7. The number of ketones is 3. The summed E-state index contributed by atoms with van der Waals surface area (Å²) >= 11 is 0. The summed E-state index contributed by atoms with van der Waals surface area (Å²) in [5.74, 6) is -3.06. The number of Topliss-reactive ketones (excluding diaryl/α,β-unsaturated/α-hetero) is 3. The molecule has 3 aromatic rings. The van der Waals surface area contributed by atoms with Crippen molar-refractivity contribution in [2.45, 2.75) is 161 Å². The fraction of sp³-hybridized carbons (Fsp3) is 0.608. The first-order valence-corrected chi connectivity index (χ1v) is 24.0. The summed E-state index contributed by atoms with van der Waals surface area (Å²) < 4.78 is 13.1. The van der Waals surface area contributed by atoms with Gasteiger partial charge in [0.1, 0.15) is 6.04 Å². The van der Waals surface area contributed by atoms with Crippen LogP contribution in [0.5, 0.6) is 0 Å². The van der Waals surface area contributed by atoms with E-state index in [0.717, 1.165) is 43.2 Å². The molecule has 3 saturated carbocycles. The molecule has 1 aliphatic heterocycles. The monoisotopic (exact) mass is 894 g/mol. The number of aromatic nitrogens is 2. The number of nitrogens with two attached hydrogens (primary N) is 1. The van der Waals surface area contributed by atoms with Gasteiger partial charge in [-0.3, -0.25) is 24.0 Å². The Morgan fingerprint density at radius 3 is 2.20 bits per heavy atom. The molecule has 2 aromatic carbocycles. The highest BCUT2D eigenvalue weighted by Crippen LogP contribution is 2.66. The summed E-state index contributed by atoms with van der Waals surface area (Å²) in [5.41, 5.74) is 9.94. The third kappa shape index (κ3) is 11.9. The van der Waals surface area contributed by atoms with Crippen molar-refractivity contribution < 1.29 is 38.4 Å². The van der Waals surface area contributed by atoms with Gasteiger partial charge in [-0.05, 0) is 105 Å². The third-order valence-corrected chi connectivity index (χ3v) is 14.8. The Hall–Kier alpha value is -4.50. The summed E-state index contributed by atoms with van der Waals surface area (Å²) in [4.78, 5) is 76.1. The molecule has 352 valence electrons. The molecule has 1 saturated heterocycles. The van der Waals surface area contributed by atoms with Crippen LogP contribution in [0.3, 0.4) is 0 Å². The standard InChI is InChI=1S/C51H72BN5O8/c1-8-9-12-34-14-16-35(17-15-34)36-18-20-37(21-19-36)42(59)26-38(25-40-29-54-30-55-40)49(63)57-47(33(4)58)44(61)23-31(2)48(62)56-41(13-10-11-22-53)43(60)24-32(3)52-64-46-28-39-27-45(50(39,5)6)51(46,7)65-52/h14-21,29-33,38-39,41,45-47,58H,8-13,22-28,53H2,1-7H3,(H,54,55)(H,56,62)(H,57,63)/t31-,32-,33-,38-,39+,41+,45+,46?,47+,51+/m1/s1. The fourth-order valence-corrected chi connectivity index (χ4v) is 10.4. The predicted octanol–water partition coefficient (Wildman–Crippen LogP) is 7.00. The molecule has 2 bridgehead atoms. The summed E-state index contributed by atoms with van der Waals surface area (Å²) in [7, 11) is -0.527. The van der Waals surface area contributed by atoms with Crippen LogP contribution in [0.2, 0.25) is 5.82 Å². The average Bonchev–Trinajstić information content (AvgIpc) is 3.94. The second-order valence-electron chi connectivity index (χ2n) is 20.1. The molecule has 3 aliphatic carbocycles. The molecule has 4 aliphatic rings. The Kier molecular flexibility index (Phi) is 16.8. The van der Waals surface area contributed by atoms with Crippen molar-refractivity contribution in [3.63, 3.8) is 0 Å². The lowest BCUT2D eigenvalue weighted by molar-refractivity contribution is -0.199. The normalized spacial score (nSPS) is 23.5. The van der Waals surface area contributed by atoms with Gasteiger partial charge in [0, 0.05) is 49.1 Å². The number of amides is 2. The van der Waals surface area contributed by atoms with Crippen LogP contribution in [-0.4, -0.2) is 87.8 Å². The molecule has 10 atom stereocenters. The largest absolute Gasteiger partial charge is 0.461 e. The fourth-order valence-electron chi connectivity index (χ4n) is 10.4. The van der Waals surface area contributed by atoms with Gasteiger partial charge in [-0.25, -0.2) is 4.98 Å². The summed E-state index contributed by atoms with van der Waals surface area (Å²) in [6.07, 6.45) is 8.64. The van der Waals surface area contributed by atoms with Crippen molar-refractivity contribution in [2.24, 2.45) is 34.8 Å².